The molecule has 0 fully saturated rings. The van der Waals surface area contributed by atoms with Gasteiger partial charge >= 0.3 is 6.09 Å². The highest BCUT2D eigenvalue weighted by Gasteiger charge is 2.40. The van der Waals surface area contributed by atoms with E-state index in [9.17, 15) is 9.90 Å². The van der Waals surface area contributed by atoms with Crippen molar-refractivity contribution >= 4 is 29.1 Å². The number of benzene rings is 2. The van der Waals surface area contributed by atoms with Gasteiger partial charge in [-0.3, -0.25) is 4.90 Å². The maximum atomic E-state index is 12.0. The lowest BCUT2D eigenvalue weighted by atomic mass is 9.83. The van der Waals surface area contributed by atoms with Gasteiger partial charge in [-0.15, -0.1) is 0 Å². The molecule has 1 aliphatic rings. The van der Waals surface area contributed by atoms with E-state index in [-0.39, 0.29) is 11.5 Å². The third-order valence-corrected chi connectivity index (χ3v) is 5.08. The van der Waals surface area contributed by atoms with Crippen LogP contribution in [0.15, 0.2) is 48.5 Å². The summed E-state index contributed by atoms with van der Waals surface area (Å²) in [5.41, 5.74) is 2.50. The molecule has 0 aliphatic carbocycles. The summed E-state index contributed by atoms with van der Waals surface area (Å²) in [7, 11) is 0. The zero-order chi connectivity index (χ0) is 18.2. The van der Waals surface area contributed by atoms with Crippen LogP contribution in [0.1, 0.15) is 26.3 Å². The first-order valence-corrected chi connectivity index (χ1v) is 8.76. The van der Waals surface area contributed by atoms with Crippen LogP contribution in [0, 0.1) is 5.41 Å². The smallest absolute Gasteiger partial charge is 0.412 e. The summed E-state index contributed by atoms with van der Waals surface area (Å²) in [6.07, 6.45) is -0.912. The van der Waals surface area contributed by atoms with Crippen molar-refractivity contribution in [1.82, 2.24) is 0 Å². The number of rotatable bonds is 2. The summed E-state index contributed by atoms with van der Waals surface area (Å²) in [4.78, 5) is 15.7. The summed E-state index contributed by atoms with van der Waals surface area (Å²) in [5.74, 6) is 0. The van der Waals surface area contributed by atoms with Crippen molar-refractivity contribution in [3.8, 4) is 0 Å². The third kappa shape index (κ3) is 3.45. The Balaban J connectivity index is 2.06. The zero-order valence-corrected chi connectivity index (χ0v) is 15.5. The summed E-state index contributed by atoms with van der Waals surface area (Å²) in [5, 5.41) is 10.6. The van der Waals surface area contributed by atoms with Crippen molar-refractivity contribution in [3.63, 3.8) is 0 Å². The largest absolute Gasteiger partial charge is 0.465 e. The lowest BCUT2D eigenvalue weighted by Gasteiger charge is -2.47. The zero-order valence-electron chi connectivity index (χ0n) is 14.7. The molecule has 0 radical (unpaired) electrons. The first-order chi connectivity index (χ1) is 11.8. The topological polar surface area (TPSA) is 43.8 Å². The van der Waals surface area contributed by atoms with Crippen LogP contribution in [-0.4, -0.2) is 23.8 Å². The number of para-hydroxylation sites is 2. The van der Waals surface area contributed by atoms with E-state index in [0.29, 0.717) is 13.1 Å². The fourth-order valence-electron chi connectivity index (χ4n) is 3.37. The highest BCUT2D eigenvalue weighted by molar-refractivity contribution is 6.31. The number of carbonyl (C=O) groups is 1. The Morgan fingerprint density at radius 1 is 1.12 bits per heavy atom. The molecule has 132 valence electrons. The molecule has 0 saturated heterocycles. The molecule has 5 heteroatoms. The van der Waals surface area contributed by atoms with Crippen LogP contribution < -0.4 is 9.80 Å². The summed E-state index contributed by atoms with van der Waals surface area (Å²) >= 11 is 6.34. The quantitative estimate of drug-likeness (QED) is 0.796. The van der Waals surface area contributed by atoms with Crippen molar-refractivity contribution in [3.05, 3.63) is 59.1 Å². The molecule has 1 atom stereocenters. The van der Waals surface area contributed by atoms with Crippen LogP contribution >= 0.6 is 11.6 Å². The van der Waals surface area contributed by atoms with Gasteiger partial charge in [0.05, 0.1) is 17.4 Å². The molecule has 4 nitrogen and oxygen atoms in total. The lowest BCUT2D eigenvalue weighted by molar-refractivity contribution is 0.188. The summed E-state index contributed by atoms with van der Waals surface area (Å²) in [6.45, 7) is 7.51. The van der Waals surface area contributed by atoms with Crippen LogP contribution in [0.4, 0.5) is 16.2 Å². The summed E-state index contributed by atoms with van der Waals surface area (Å²) in [6, 6.07) is 15.3. The van der Waals surface area contributed by atoms with Gasteiger partial charge in [0, 0.05) is 18.1 Å². The predicted octanol–water partition coefficient (Wildman–Crippen LogP) is 5.26. The Hall–Kier alpha value is -2.20. The highest BCUT2D eigenvalue weighted by atomic mass is 35.5. The molecule has 25 heavy (non-hydrogen) atoms. The minimum atomic E-state index is -0.912. The van der Waals surface area contributed by atoms with E-state index in [0.717, 1.165) is 22.0 Å². The molecule has 1 unspecified atom stereocenters. The van der Waals surface area contributed by atoms with Crippen LogP contribution in [0.5, 0.6) is 0 Å². The number of amides is 1. The van der Waals surface area contributed by atoms with E-state index in [1.165, 1.54) is 4.90 Å². The van der Waals surface area contributed by atoms with Gasteiger partial charge in [0.25, 0.3) is 0 Å². The Labute approximate surface area is 153 Å². The fourth-order valence-corrected chi connectivity index (χ4v) is 3.57. The lowest BCUT2D eigenvalue weighted by Crippen LogP contribution is -2.56. The molecular weight excluding hydrogens is 336 g/mol. The average Bonchev–Trinajstić information content (AvgIpc) is 2.55. The molecule has 2 aromatic carbocycles. The van der Waals surface area contributed by atoms with Gasteiger partial charge in [-0.2, -0.15) is 0 Å². The van der Waals surface area contributed by atoms with Crippen LogP contribution in [0.2, 0.25) is 5.02 Å². The van der Waals surface area contributed by atoms with Crippen molar-refractivity contribution in [2.24, 2.45) is 5.41 Å². The maximum absolute atomic E-state index is 12.0. The molecular formula is C20H23ClN2O2. The van der Waals surface area contributed by atoms with E-state index in [2.05, 4.69) is 25.7 Å². The molecule has 1 heterocycles. The third-order valence-electron chi connectivity index (χ3n) is 4.71. The highest BCUT2D eigenvalue weighted by Crippen LogP contribution is 2.41. The molecule has 1 amide bonds. The first-order valence-electron chi connectivity index (χ1n) is 8.38. The standard InChI is InChI=1S/C20H23ClN2O2/c1-20(2,3)18-13-22(12-14-8-4-5-9-15(14)21)16-10-6-7-11-17(16)23(18)19(24)25/h4-11,18H,12-13H2,1-3H3,(H,24,25). The second-order valence-electron chi connectivity index (χ2n) is 7.50. The number of nitrogens with zero attached hydrogens (tertiary/aromatic N) is 2. The monoisotopic (exact) mass is 358 g/mol. The molecule has 1 aliphatic heterocycles. The molecule has 2 aromatic rings. The fraction of sp³-hybridized carbons (Fsp3) is 0.350. The van der Waals surface area contributed by atoms with Crippen LogP contribution in [-0.2, 0) is 6.54 Å². The van der Waals surface area contributed by atoms with Gasteiger partial charge in [0.15, 0.2) is 0 Å². The number of hydrogen-bond acceptors (Lipinski definition) is 2. The molecule has 0 saturated carbocycles. The SMILES string of the molecule is CC(C)(C)C1CN(Cc2ccccc2Cl)c2ccccc2N1C(=O)O. The van der Waals surface area contributed by atoms with E-state index in [4.69, 9.17) is 11.6 Å². The molecule has 0 bridgehead atoms. The van der Waals surface area contributed by atoms with Gasteiger partial charge in [-0.1, -0.05) is 62.7 Å². The average molecular weight is 359 g/mol. The Kier molecular flexibility index (Phi) is 4.65. The van der Waals surface area contributed by atoms with E-state index in [1.807, 2.05) is 48.5 Å². The normalized spacial score (nSPS) is 17.4. The van der Waals surface area contributed by atoms with Gasteiger partial charge in [0.1, 0.15) is 0 Å². The van der Waals surface area contributed by atoms with Gasteiger partial charge in [0.2, 0.25) is 0 Å². The summed E-state index contributed by atoms with van der Waals surface area (Å²) < 4.78 is 0. The first kappa shape index (κ1) is 17.6. The second kappa shape index (κ2) is 6.60. The molecule has 0 spiro atoms. The van der Waals surface area contributed by atoms with Gasteiger partial charge in [-0.05, 0) is 29.2 Å². The Morgan fingerprint density at radius 2 is 1.72 bits per heavy atom. The van der Waals surface area contributed by atoms with Gasteiger partial charge < -0.3 is 10.0 Å². The van der Waals surface area contributed by atoms with Crippen molar-refractivity contribution in [2.75, 3.05) is 16.3 Å². The minimum Gasteiger partial charge on any atom is -0.465 e. The van der Waals surface area contributed by atoms with Crippen LogP contribution in [0.3, 0.4) is 0 Å². The number of anilines is 2. The predicted molar refractivity (Wildman–Crippen MR) is 103 cm³/mol. The second-order valence-corrected chi connectivity index (χ2v) is 7.90. The minimum absolute atomic E-state index is 0.151. The van der Waals surface area contributed by atoms with Crippen molar-refractivity contribution in [2.45, 2.75) is 33.4 Å². The van der Waals surface area contributed by atoms with E-state index < -0.39 is 6.09 Å². The van der Waals surface area contributed by atoms with Crippen molar-refractivity contribution < 1.29 is 9.90 Å². The Morgan fingerprint density at radius 3 is 2.32 bits per heavy atom. The molecule has 1 N–H and O–H groups in total. The van der Waals surface area contributed by atoms with Crippen molar-refractivity contribution in [1.29, 1.82) is 0 Å². The molecule has 3 rings (SSSR count). The molecule has 0 aromatic heterocycles. The number of hydrogen-bond donors (Lipinski definition) is 1. The maximum Gasteiger partial charge on any atom is 0.412 e. The number of carboxylic acid groups (broad SMARTS) is 1. The number of halogens is 1. The Bertz CT molecular complexity index is 785. The van der Waals surface area contributed by atoms with Gasteiger partial charge in [-0.25, -0.2) is 4.79 Å². The number of fused-ring (bicyclic) bond motifs is 1. The van der Waals surface area contributed by atoms with E-state index >= 15 is 0 Å². The van der Waals surface area contributed by atoms with Crippen LogP contribution in [0.25, 0.3) is 0 Å². The van der Waals surface area contributed by atoms with E-state index in [1.54, 1.807) is 0 Å².